The Morgan fingerprint density at radius 1 is 1.32 bits per heavy atom. The minimum atomic E-state index is -4.82. The zero-order chi connectivity index (χ0) is 22.2. The molecular formula is C20H19F5N4OS. The molecule has 1 unspecified atom stereocenters. The first-order valence-electron chi connectivity index (χ1n) is 9.95. The van der Waals surface area contributed by atoms with E-state index in [1.165, 1.54) is 30.1 Å². The number of alkyl halides is 5. The van der Waals surface area contributed by atoms with Crippen molar-refractivity contribution in [1.29, 1.82) is 0 Å². The van der Waals surface area contributed by atoms with Crippen molar-refractivity contribution < 1.29 is 26.7 Å². The second-order valence-corrected chi connectivity index (χ2v) is 9.26. The Labute approximate surface area is 178 Å². The smallest absolute Gasteiger partial charge is 0.321 e. The highest BCUT2D eigenvalue weighted by Gasteiger charge is 2.86. The van der Waals surface area contributed by atoms with E-state index in [0.717, 1.165) is 4.68 Å². The Morgan fingerprint density at radius 3 is 2.58 bits per heavy atom. The SMILES string of the molecule is CSc1cc(NC(=O)c2c(C(F)(F)F)c(C3CC3)nn2CC2C(F)(F)C23CC3)ccn1. The first-order valence-corrected chi connectivity index (χ1v) is 11.2. The summed E-state index contributed by atoms with van der Waals surface area (Å²) in [7, 11) is 0. The van der Waals surface area contributed by atoms with Crippen LogP contribution in [-0.4, -0.2) is 32.8 Å². The number of carbonyl (C=O) groups is 1. The molecule has 1 atom stereocenters. The van der Waals surface area contributed by atoms with Crippen molar-refractivity contribution in [3.8, 4) is 0 Å². The zero-order valence-corrected chi connectivity index (χ0v) is 17.3. The van der Waals surface area contributed by atoms with Crippen LogP contribution in [0.3, 0.4) is 0 Å². The summed E-state index contributed by atoms with van der Waals surface area (Å²) in [6.07, 6.45) is 0.150. The molecule has 3 saturated carbocycles. The van der Waals surface area contributed by atoms with E-state index < -0.39 is 53.1 Å². The van der Waals surface area contributed by atoms with Crippen LogP contribution in [0, 0.1) is 11.3 Å². The summed E-state index contributed by atoms with van der Waals surface area (Å²) in [5.74, 6) is -5.44. The molecule has 0 aliphatic heterocycles. The van der Waals surface area contributed by atoms with Gasteiger partial charge in [0.2, 0.25) is 0 Å². The van der Waals surface area contributed by atoms with E-state index in [0.29, 0.717) is 30.7 Å². The van der Waals surface area contributed by atoms with Crippen LogP contribution in [-0.2, 0) is 12.7 Å². The lowest BCUT2D eigenvalue weighted by atomic mass is 10.1. The second-order valence-electron chi connectivity index (χ2n) is 8.44. The number of pyridine rings is 1. The van der Waals surface area contributed by atoms with Crippen LogP contribution in [0.1, 0.15) is 53.3 Å². The fourth-order valence-electron chi connectivity index (χ4n) is 4.42. The summed E-state index contributed by atoms with van der Waals surface area (Å²) in [6, 6.07) is 2.99. The summed E-state index contributed by atoms with van der Waals surface area (Å²) < 4.78 is 71.3. The number of aromatic nitrogens is 3. The van der Waals surface area contributed by atoms with Gasteiger partial charge in [-0.25, -0.2) is 13.8 Å². The maximum absolute atomic E-state index is 14.2. The molecule has 3 fully saturated rings. The second kappa shape index (κ2) is 6.66. The Balaban J connectivity index is 1.54. The molecule has 3 aliphatic rings. The zero-order valence-electron chi connectivity index (χ0n) is 16.5. The molecule has 5 rings (SSSR count). The third kappa shape index (κ3) is 3.32. The molecular weight excluding hydrogens is 439 g/mol. The van der Waals surface area contributed by atoms with Gasteiger partial charge in [0.25, 0.3) is 11.8 Å². The van der Waals surface area contributed by atoms with Crippen LogP contribution in [0.2, 0.25) is 0 Å². The van der Waals surface area contributed by atoms with Gasteiger partial charge in [-0.15, -0.1) is 11.8 Å². The van der Waals surface area contributed by atoms with Crippen LogP contribution in [0.5, 0.6) is 0 Å². The van der Waals surface area contributed by atoms with Gasteiger partial charge in [0, 0.05) is 23.2 Å². The monoisotopic (exact) mass is 458 g/mol. The molecule has 1 spiro atoms. The highest BCUT2D eigenvalue weighted by Crippen LogP contribution is 2.80. The largest absolute Gasteiger partial charge is 0.420 e. The number of hydrogen-bond donors (Lipinski definition) is 1. The highest BCUT2D eigenvalue weighted by atomic mass is 32.2. The molecule has 1 N–H and O–H groups in total. The fourth-order valence-corrected chi connectivity index (χ4v) is 4.84. The number of thioether (sulfide) groups is 1. The maximum Gasteiger partial charge on any atom is 0.420 e. The third-order valence-corrected chi connectivity index (χ3v) is 7.11. The molecule has 31 heavy (non-hydrogen) atoms. The maximum atomic E-state index is 14.2. The Hall–Kier alpha value is -2.17. The van der Waals surface area contributed by atoms with Gasteiger partial charge in [-0.2, -0.15) is 18.3 Å². The summed E-state index contributed by atoms with van der Waals surface area (Å²) in [4.78, 5) is 17.1. The van der Waals surface area contributed by atoms with Gasteiger partial charge in [0.1, 0.15) is 11.3 Å². The predicted molar refractivity (Wildman–Crippen MR) is 103 cm³/mol. The van der Waals surface area contributed by atoms with E-state index in [1.54, 1.807) is 6.26 Å². The van der Waals surface area contributed by atoms with E-state index in [4.69, 9.17) is 0 Å². The van der Waals surface area contributed by atoms with Crippen LogP contribution < -0.4 is 5.32 Å². The lowest BCUT2D eigenvalue weighted by molar-refractivity contribution is -0.138. The van der Waals surface area contributed by atoms with Crippen LogP contribution in [0.25, 0.3) is 0 Å². The van der Waals surface area contributed by atoms with Gasteiger partial charge in [0.05, 0.1) is 23.2 Å². The molecule has 0 radical (unpaired) electrons. The lowest BCUT2D eigenvalue weighted by Gasteiger charge is -2.13. The Kier molecular flexibility index (Phi) is 4.45. The molecule has 166 valence electrons. The Morgan fingerprint density at radius 2 is 2.03 bits per heavy atom. The van der Waals surface area contributed by atoms with Gasteiger partial charge in [-0.05, 0) is 44.1 Å². The quantitative estimate of drug-likeness (QED) is 0.478. The van der Waals surface area contributed by atoms with Crippen LogP contribution >= 0.6 is 11.8 Å². The molecule has 2 aromatic heterocycles. The van der Waals surface area contributed by atoms with Gasteiger partial charge >= 0.3 is 6.18 Å². The average Bonchev–Trinajstić information content (AvgIpc) is 3.63. The topological polar surface area (TPSA) is 59.8 Å². The number of nitrogens with one attached hydrogen (secondary N) is 1. The number of carbonyl (C=O) groups excluding carboxylic acids is 1. The third-order valence-electron chi connectivity index (χ3n) is 6.47. The first-order chi connectivity index (χ1) is 14.6. The molecule has 3 aliphatic carbocycles. The predicted octanol–water partition coefficient (Wildman–Crippen LogP) is 5.19. The number of halogens is 5. The van der Waals surface area contributed by atoms with Gasteiger partial charge in [-0.1, -0.05) is 0 Å². The van der Waals surface area contributed by atoms with E-state index >= 15 is 0 Å². The van der Waals surface area contributed by atoms with Gasteiger partial charge in [-0.3, -0.25) is 9.48 Å². The van der Waals surface area contributed by atoms with Gasteiger partial charge in [0.15, 0.2) is 0 Å². The normalized spacial score (nSPS) is 23.1. The molecule has 5 nitrogen and oxygen atoms in total. The standard InChI is InChI=1S/C20H19F5N4OS/c1-31-13-8-11(4-7-26-13)27-17(30)16-14(20(23,24)25)15(10-2-3-10)28-29(16)9-12-18(5-6-18)19(12,21)22/h4,7-8,10,12H,2-3,5-6,9H2,1H3,(H,26,27,30). The molecule has 0 aromatic carbocycles. The molecule has 0 saturated heterocycles. The molecule has 0 bridgehead atoms. The Bertz CT molecular complexity index is 1050. The van der Waals surface area contributed by atoms with Crippen LogP contribution in [0.15, 0.2) is 23.4 Å². The number of hydrogen-bond acceptors (Lipinski definition) is 4. The molecule has 2 aromatic rings. The molecule has 2 heterocycles. The number of anilines is 1. The van der Waals surface area contributed by atoms with Crippen molar-refractivity contribution in [2.24, 2.45) is 11.3 Å². The molecule has 1 amide bonds. The fraction of sp³-hybridized carbons (Fsp3) is 0.550. The summed E-state index contributed by atoms with van der Waals surface area (Å²) in [5, 5.41) is 7.11. The lowest BCUT2D eigenvalue weighted by Crippen LogP contribution is -2.23. The minimum Gasteiger partial charge on any atom is -0.321 e. The van der Waals surface area contributed by atoms with E-state index in [2.05, 4.69) is 15.4 Å². The summed E-state index contributed by atoms with van der Waals surface area (Å²) >= 11 is 1.31. The first kappa shape index (κ1) is 20.7. The van der Waals surface area contributed by atoms with Gasteiger partial charge < -0.3 is 5.32 Å². The summed E-state index contributed by atoms with van der Waals surface area (Å²) in [5.41, 5.74) is -2.88. The highest BCUT2D eigenvalue weighted by molar-refractivity contribution is 7.98. The number of rotatable bonds is 6. The van der Waals surface area contributed by atoms with Crippen molar-refractivity contribution in [1.82, 2.24) is 14.8 Å². The van der Waals surface area contributed by atoms with Crippen molar-refractivity contribution in [3.05, 3.63) is 35.3 Å². The van der Waals surface area contributed by atoms with Crippen molar-refractivity contribution in [3.63, 3.8) is 0 Å². The van der Waals surface area contributed by atoms with Crippen molar-refractivity contribution in [2.45, 2.75) is 55.3 Å². The van der Waals surface area contributed by atoms with E-state index in [1.807, 2.05) is 0 Å². The van der Waals surface area contributed by atoms with Crippen molar-refractivity contribution in [2.75, 3.05) is 11.6 Å². The van der Waals surface area contributed by atoms with Crippen molar-refractivity contribution >= 4 is 23.4 Å². The van der Waals surface area contributed by atoms with E-state index in [9.17, 15) is 26.7 Å². The number of nitrogens with zero attached hydrogens (tertiary/aromatic N) is 3. The minimum absolute atomic E-state index is 0.217. The number of amides is 1. The van der Waals surface area contributed by atoms with E-state index in [-0.39, 0.29) is 11.4 Å². The average molecular weight is 458 g/mol. The molecule has 11 heteroatoms. The van der Waals surface area contributed by atoms with Crippen LogP contribution in [0.4, 0.5) is 27.6 Å². The summed E-state index contributed by atoms with van der Waals surface area (Å²) in [6.45, 7) is -0.405.